The second-order valence-electron chi connectivity index (χ2n) is 7.87. The molecule has 0 aromatic heterocycles. The number of aliphatic hydroxyl groups excluding tert-OH is 1. The maximum Gasteiger partial charge on any atom is 0.0991 e. The largest absolute Gasteiger partial charge is 0.396 e. The third-order valence-electron chi connectivity index (χ3n) is 6.01. The molecule has 2 aliphatic heterocycles. The predicted molar refractivity (Wildman–Crippen MR) is 104 cm³/mol. The highest BCUT2D eigenvalue weighted by Gasteiger charge is 2.33. The van der Waals surface area contributed by atoms with Crippen LogP contribution in [0.2, 0.25) is 0 Å². The van der Waals surface area contributed by atoms with E-state index in [4.69, 9.17) is 5.26 Å². The smallest absolute Gasteiger partial charge is 0.0991 e. The number of nitriles is 1. The number of piperidine rings is 1. The number of piperazine rings is 1. The fraction of sp³-hybridized carbons (Fsp3) is 0.667. The molecule has 0 aliphatic carbocycles. The van der Waals surface area contributed by atoms with Crippen molar-refractivity contribution in [3.8, 4) is 6.07 Å². The van der Waals surface area contributed by atoms with E-state index in [1.165, 1.54) is 25.1 Å². The van der Waals surface area contributed by atoms with Gasteiger partial charge in [-0.05, 0) is 56.5 Å². The molecule has 0 bridgehead atoms. The van der Waals surface area contributed by atoms with Gasteiger partial charge in [-0.25, -0.2) is 0 Å². The molecule has 2 heterocycles. The maximum absolute atomic E-state index is 9.32. The summed E-state index contributed by atoms with van der Waals surface area (Å²) in [5.41, 5.74) is 2.01. The van der Waals surface area contributed by atoms with Crippen LogP contribution < -0.4 is 0 Å². The van der Waals surface area contributed by atoms with Gasteiger partial charge in [-0.1, -0.05) is 12.1 Å². The molecule has 2 atom stereocenters. The Kier molecular flexibility index (Phi) is 7.04. The summed E-state index contributed by atoms with van der Waals surface area (Å²) >= 11 is 0. The molecule has 0 spiro atoms. The van der Waals surface area contributed by atoms with E-state index in [9.17, 15) is 5.11 Å². The number of aliphatic hydroxyl groups is 1. The van der Waals surface area contributed by atoms with E-state index in [0.29, 0.717) is 18.6 Å². The van der Waals surface area contributed by atoms with Gasteiger partial charge in [-0.3, -0.25) is 9.80 Å². The van der Waals surface area contributed by atoms with Crippen molar-refractivity contribution in [2.75, 3.05) is 52.9 Å². The molecule has 142 valence electrons. The average molecular weight is 357 g/mol. The first-order chi connectivity index (χ1) is 12.7. The Morgan fingerprint density at radius 3 is 2.50 bits per heavy atom. The van der Waals surface area contributed by atoms with Crippen LogP contribution >= 0.6 is 0 Å². The van der Waals surface area contributed by atoms with Gasteiger partial charge in [-0.2, -0.15) is 5.26 Å². The van der Waals surface area contributed by atoms with Gasteiger partial charge in [0.2, 0.25) is 0 Å². The Bertz CT molecular complexity index is 589. The lowest BCUT2D eigenvalue weighted by molar-refractivity contribution is 0.0212. The van der Waals surface area contributed by atoms with Crippen LogP contribution in [0.1, 0.15) is 30.4 Å². The van der Waals surface area contributed by atoms with E-state index < -0.39 is 0 Å². The van der Waals surface area contributed by atoms with Crippen molar-refractivity contribution >= 4 is 0 Å². The van der Waals surface area contributed by atoms with Crippen molar-refractivity contribution in [1.82, 2.24) is 14.7 Å². The summed E-state index contributed by atoms with van der Waals surface area (Å²) in [6.07, 6.45) is 3.23. The highest BCUT2D eigenvalue weighted by atomic mass is 16.2. The van der Waals surface area contributed by atoms with Crippen LogP contribution in [0.15, 0.2) is 24.3 Å². The quantitative estimate of drug-likeness (QED) is 0.842. The molecule has 2 saturated heterocycles. The summed E-state index contributed by atoms with van der Waals surface area (Å²) in [6.45, 7) is 8.16. The van der Waals surface area contributed by atoms with Crippen LogP contribution in [0.4, 0.5) is 0 Å². The number of likely N-dealkylation sites (tertiary alicyclic amines) is 1. The van der Waals surface area contributed by atoms with Gasteiger partial charge in [0.25, 0.3) is 0 Å². The fourth-order valence-corrected chi connectivity index (χ4v) is 4.45. The zero-order valence-corrected chi connectivity index (χ0v) is 16.0. The van der Waals surface area contributed by atoms with Gasteiger partial charge in [0, 0.05) is 51.9 Å². The molecule has 1 aromatic rings. The van der Waals surface area contributed by atoms with Crippen molar-refractivity contribution in [1.29, 1.82) is 5.26 Å². The molecule has 1 aromatic carbocycles. The molecule has 2 aliphatic rings. The van der Waals surface area contributed by atoms with Crippen molar-refractivity contribution in [3.63, 3.8) is 0 Å². The van der Waals surface area contributed by atoms with Gasteiger partial charge >= 0.3 is 0 Å². The lowest BCUT2D eigenvalue weighted by Gasteiger charge is -2.46. The summed E-state index contributed by atoms with van der Waals surface area (Å²) in [6, 6.07) is 10.8. The summed E-state index contributed by atoms with van der Waals surface area (Å²) in [5.74, 6) is 0.637. The molecule has 1 N–H and O–H groups in total. The zero-order chi connectivity index (χ0) is 18.4. The van der Waals surface area contributed by atoms with Crippen LogP contribution in [0.25, 0.3) is 0 Å². The third-order valence-corrected chi connectivity index (χ3v) is 6.01. The lowest BCUT2D eigenvalue weighted by Crippen LogP contribution is -2.56. The first kappa shape index (κ1) is 19.3. The van der Waals surface area contributed by atoms with Crippen molar-refractivity contribution in [2.45, 2.75) is 31.8 Å². The summed E-state index contributed by atoms with van der Waals surface area (Å²) in [4.78, 5) is 7.66. The minimum Gasteiger partial charge on any atom is -0.396 e. The number of benzene rings is 1. The first-order valence-corrected chi connectivity index (χ1v) is 9.94. The Morgan fingerprint density at radius 2 is 1.85 bits per heavy atom. The van der Waals surface area contributed by atoms with E-state index in [0.717, 1.165) is 51.1 Å². The lowest BCUT2D eigenvalue weighted by atomic mass is 9.86. The van der Waals surface area contributed by atoms with E-state index in [1.807, 2.05) is 12.1 Å². The van der Waals surface area contributed by atoms with Crippen LogP contribution in [0.3, 0.4) is 0 Å². The monoisotopic (exact) mass is 356 g/mol. The average Bonchev–Trinajstić information content (AvgIpc) is 2.68. The molecule has 0 saturated carbocycles. The van der Waals surface area contributed by atoms with Crippen LogP contribution in [0.5, 0.6) is 0 Å². The standard InChI is InChI=1S/C21H32N4O/c1-23-10-12-25(13-11-23)21-8-9-24(17-20(21)3-2-14-26)16-19-6-4-18(15-22)5-7-19/h4-7,20-21,26H,2-3,8-14,16-17H2,1H3/t20-,21+/m0/s1. The Balaban J connectivity index is 1.60. The molecular formula is C21H32N4O. The topological polar surface area (TPSA) is 53.7 Å². The normalized spacial score (nSPS) is 25.9. The van der Waals surface area contributed by atoms with Gasteiger partial charge in [0.15, 0.2) is 0 Å². The minimum absolute atomic E-state index is 0.293. The van der Waals surface area contributed by atoms with E-state index in [1.54, 1.807) is 0 Å². The number of likely N-dealkylation sites (N-methyl/N-ethyl adjacent to an activating group) is 1. The molecular weight excluding hydrogens is 324 g/mol. The number of rotatable bonds is 6. The summed E-state index contributed by atoms with van der Waals surface area (Å²) < 4.78 is 0. The molecule has 5 nitrogen and oxygen atoms in total. The highest BCUT2D eigenvalue weighted by Crippen LogP contribution is 2.28. The highest BCUT2D eigenvalue weighted by molar-refractivity contribution is 5.31. The first-order valence-electron chi connectivity index (χ1n) is 9.94. The van der Waals surface area contributed by atoms with Crippen molar-refractivity contribution in [2.24, 2.45) is 5.92 Å². The fourth-order valence-electron chi connectivity index (χ4n) is 4.45. The van der Waals surface area contributed by atoms with E-state index in [2.05, 4.69) is 39.9 Å². The van der Waals surface area contributed by atoms with Gasteiger partial charge < -0.3 is 10.0 Å². The molecule has 0 unspecified atom stereocenters. The van der Waals surface area contributed by atoms with Gasteiger partial charge in [0.1, 0.15) is 0 Å². The Labute approximate surface area is 157 Å². The van der Waals surface area contributed by atoms with Crippen molar-refractivity contribution < 1.29 is 5.11 Å². The second kappa shape index (κ2) is 9.48. The zero-order valence-electron chi connectivity index (χ0n) is 16.0. The molecule has 5 heteroatoms. The molecule has 0 amide bonds. The van der Waals surface area contributed by atoms with E-state index >= 15 is 0 Å². The van der Waals surface area contributed by atoms with Crippen LogP contribution in [-0.4, -0.2) is 78.8 Å². The van der Waals surface area contributed by atoms with Crippen LogP contribution in [-0.2, 0) is 6.54 Å². The number of nitrogens with zero attached hydrogens (tertiary/aromatic N) is 4. The Morgan fingerprint density at radius 1 is 1.12 bits per heavy atom. The molecule has 26 heavy (non-hydrogen) atoms. The number of hydrogen-bond donors (Lipinski definition) is 1. The number of hydrogen-bond acceptors (Lipinski definition) is 5. The molecule has 2 fully saturated rings. The predicted octanol–water partition coefficient (Wildman–Crippen LogP) is 1.77. The van der Waals surface area contributed by atoms with Crippen molar-refractivity contribution in [3.05, 3.63) is 35.4 Å². The second-order valence-corrected chi connectivity index (χ2v) is 7.87. The SMILES string of the molecule is CN1CCN([C@@H]2CCN(Cc3ccc(C#N)cc3)C[C@@H]2CCCO)CC1. The summed E-state index contributed by atoms with van der Waals surface area (Å²) in [7, 11) is 2.21. The Hall–Kier alpha value is -1.45. The molecule has 0 radical (unpaired) electrons. The van der Waals surface area contributed by atoms with E-state index in [-0.39, 0.29) is 0 Å². The van der Waals surface area contributed by atoms with Gasteiger partial charge in [-0.15, -0.1) is 0 Å². The minimum atomic E-state index is 0.293. The van der Waals surface area contributed by atoms with Crippen LogP contribution in [0, 0.1) is 17.2 Å². The van der Waals surface area contributed by atoms with Gasteiger partial charge in [0.05, 0.1) is 11.6 Å². The summed E-state index contributed by atoms with van der Waals surface area (Å²) in [5, 5.41) is 18.3. The third kappa shape index (κ3) is 5.05. The molecule has 3 rings (SSSR count). The maximum atomic E-state index is 9.32.